The van der Waals surface area contributed by atoms with Crippen molar-refractivity contribution in [3.63, 3.8) is 0 Å². The molecule has 1 N–H and O–H groups in total. The third-order valence-electron chi connectivity index (χ3n) is 3.15. The van der Waals surface area contributed by atoms with Gasteiger partial charge in [-0.3, -0.25) is 4.79 Å². The van der Waals surface area contributed by atoms with Crippen LogP contribution in [-0.2, 0) is 16.1 Å². The number of carbonyl (C=O) groups excluding carboxylic acids is 2. The Morgan fingerprint density at radius 1 is 1.12 bits per heavy atom. The van der Waals surface area contributed by atoms with Crippen LogP contribution in [0.5, 0.6) is 5.75 Å². The molecular weight excluding hydrogens is 353 g/mol. The molecule has 5 nitrogen and oxygen atoms in total. The van der Waals surface area contributed by atoms with Crippen molar-refractivity contribution in [2.45, 2.75) is 6.54 Å². The van der Waals surface area contributed by atoms with E-state index in [1.807, 2.05) is 6.07 Å². The number of methoxy groups -OCH3 is 1. The van der Waals surface area contributed by atoms with E-state index < -0.39 is 18.5 Å². The molecule has 0 unspecified atom stereocenters. The average molecular weight is 368 g/mol. The monoisotopic (exact) mass is 367 g/mol. The standard InChI is InChI=1S/C17H15Cl2NO4/c1-23-15-7-6-12(18)8-13(15)17(22)24-10-16(21)20-9-11-4-2-3-5-14(11)19/h2-8H,9-10H2,1H3,(H,20,21). The minimum absolute atomic E-state index is 0.156. The minimum Gasteiger partial charge on any atom is -0.496 e. The van der Waals surface area contributed by atoms with Crippen molar-refractivity contribution in [3.05, 3.63) is 63.6 Å². The van der Waals surface area contributed by atoms with Crippen LogP contribution in [-0.4, -0.2) is 25.6 Å². The maximum atomic E-state index is 12.0. The molecular formula is C17H15Cl2NO4. The lowest BCUT2D eigenvalue weighted by atomic mass is 10.2. The van der Waals surface area contributed by atoms with Gasteiger partial charge in [-0.2, -0.15) is 0 Å². The van der Waals surface area contributed by atoms with Crippen LogP contribution in [0.15, 0.2) is 42.5 Å². The molecule has 0 saturated carbocycles. The van der Waals surface area contributed by atoms with Gasteiger partial charge in [0, 0.05) is 16.6 Å². The molecule has 24 heavy (non-hydrogen) atoms. The second kappa shape index (κ2) is 8.57. The zero-order chi connectivity index (χ0) is 17.5. The van der Waals surface area contributed by atoms with E-state index in [1.165, 1.54) is 13.2 Å². The fraction of sp³-hybridized carbons (Fsp3) is 0.176. The molecule has 0 saturated heterocycles. The van der Waals surface area contributed by atoms with Gasteiger partial charge in [-0.15, -0.1) is 0 Å². The van der Waals surface area contributed by atoms with Crippen LogP contribution in [0.3, 0.4) is 0 Å². The van der Waals surface area contributed by atoms with Gasteiger partial charge >= 0.3 is 5.97 Å². The Hall–Kier alpha value is -2.24. The van der Waals surface area contributed by atoms with E-state index in [2.05, 4.69) is 5.32 Å². The summed E-state index contributed by atoms with van der Waals surface area (Å²) < 4.78 is 10.1. The van der Waals surface area contributed by atoms with Gasteiger partial charge in [0.05, 0.1) is 7.11 Å². The highest BCUT2D eigenvalue weighted by molar-refractivity contribution is 6.31. The molecule has 0 heterocycles. The molecule has 0 aromatic heterocycles. The van der Waals surface area contributed by atoms with Gasteiger partial charge in [-0.1, -0.05) is 41.4 Å². The Labute approximate surface area is 149 Å². The molecule has 126 valence electrons. The largest absolute Gasteiger partial charge is 0.496 e. The maximum absolute atomic E-state index is 12.0. The Morgan fingerprint density at radius 2 is 1.88 bits per heavy atom. The van der Waals surface area contributed by atoms with Gasteiger partial charge in [0.2, 0.25) is 0 Å². The number of nitrogens with one attached hydrogen (secondary N) is 1. The highest BCUT2D eigenvalue weighted by Gasteiger charge is 2.16. The molecule has 0 aliphatic rings. The van der Waals surface area contributed by atoms with Crippen LogP contribution in [0.4, 0.5) is 0 Å². The van der Waals surface area contributed by atoms with E-state index >= 15 is 0 Å². The molecule has 0 aliphatic heterocycles. The van der Waals surface area contributed by atoms with E-state index in [1.54, 1.807) is 30.3 Å². The van der Waals surface area contributed by atoms with Crippen molar-refractivity contribution in [2.75, 3.05) is 13.7 Å². The molecule has 1 amide bonds. The summed E-state index contributed by atoms with van der Waals surface area (Å²) in [5.41, 5.74) is 0.930. The number of rotatable bonds is 6. The summed E-state index contributed by atoms with van der Waals surface area (Å²) in [5.74, 6) is -0.813. The lowest BCUT2D eigenvalue weighted by molar-refractivity contribution is -0.124. The number of hydrogen-bond acceptors (Lipinski definition) is 4. The third-order valence-corrected chi connectivity index (χ3v) is 3.75. The SMILES string of the molecule is COc1ccc(Cl)cc1C(=O)OCC(=O)NCc1ccccc1Cl. The van der Waals surface area contributed by atoms with Gasteiger partial charge in [0.15, 0.2) is 6.61 Å². The number of ether oxygens (including phenoxy) is 2. The molecule has 2 rings (SSSR count). The number of benzene rings is 2. The summed E-state index contributed by atoms with van der Waals surface area (Å²) >= 11 is 11.9. The molecule has 0 radical (unpaired) electrons. The number of esters is 1. The summed E-state index contributed by atoms with van der Waals surface area (Å²) in [6.45, 7) is -0.171. The summed E-state index contributed by atoms with van der Waals surface area (Å²) in [5, 5.41) is 3.55. The van der Waals surface area contributed by atoms with Crippen LogP contribution in [0, 0.1) is 0 Å². The minimum atomic E-state index is -0.692. The lowest BCUT2D eigenvalue weighted by Gasteiger charge is -2.10. The first-order valence-corrected chi connectivity index (χ1v) is 7.77. The second-order valence-corrected chi connectivity index (χ2v) is 5.63. The summed E-state index contributed by atoms with van der Waals surface area (Å²) in [6, 6.07) is 11.7. The van der Waals surface area contributed by atoms with E-state index in [-0.39, 0.29) is 12.1 Å². The number of halogens is 2. The summed E-state index contributed by atoms with van der Waals surface area (Å²) in [7, 11) is 1.43. The number of amides is 1. The Kier molecular flexibility index (Phi) is 6.46. The fourth-order valence-electron chi connectivity index (χ4n) is 1.94. The lowest BCUT2D eigenvalue weighted by Crippen LogP contribution is -2.28. The predicted molar refractivity (Wildman–Crippen MR) is 91.6 cm³/mol. The summed E-state index contributed by atoms with van der Waals surface area (Å²) in [4.78, 5) is 23.8. The van der Waals surface area contributed by atoms with Crippen molar-refractivity contribution in [2.24, 2.45) is 0 Å². The van der Waals surface area contributed by atoms with E-state index in [0.29, 0.717) is 15.8 Å². The van der Waals surface area contributed by atoms with Crippen molar-refractivity contribution in [1.29, 1.82) is 0 Å². The Morgan fingerprint density at radius 3 is 2.58 bits per heavy atom. The van der Waals surface area contributed by atoms with Crippen molar-refractivity contribution < 1.29 is 19.1 Å². The third kappa shape index (κ3) is 4.88. The first-order valence-electron chi connectivity index (χ1n) is 7.02. The molecule has 0 bridgehead atoms. The van der Waals surface area contributed by atoms with Crippen molar-refractivity contribution >= 4 is 35.1 Å². The maximum Gasteiger partial charge on any atom is 0.342 e. The second-order valence-electron chi connectivity index (χ2n) is 4.79. The van der Waals surface area contributed by atoms with Crippen molar-refractivity contribution in [3.8, 4) is 5.75 Å². The van der Waals surface area contributed by atoms with Gasteiger partial charge in [-0.05, 0) is 29.8 Å². The van der Waals surface area contributed by atoms with E-state index in [0.717, 1.165) is 5.56 Å². The molecule has 0 aliphatic carbocycles. The van der Waals surface area contributed by atoms with Gasteiger partial charge in [0.1, 0.15) is 11.3 Å². The molecule has 2 aromatic carbocycles. The highest BCUT2D eigenvalue weighted by Crippen LogP contribution is 2.23. The highest BCUT2D eigenvalue weighted by atomic mass is 35.5. The molecule has 0 fully saturated rings. The van der Waals surface area contributed by atoms with Crippen molar-refractivity contribution in [1.82, 2.24) is 5.32 Å². The smallest absolute Gasteiger partial charge is 0.342 e. The van der Waals surface area contributed by atoms with Crippen LogP contribution in [0.1, 0.15) is 15.9 Å². The Bertz CT molecular complexity index is 749. The first kappa shape index (κ1) is 18.1. The molecule has 7 heteroatoms. The molecule has 2 aromatic rings. The fourth-order valence-corrected chi connectivity index (χ4v) is 2.31. The first-order chi connectivity index (χ1) is 11.5. The number of carbonyl (C=O) groups is 2. The van der Waals surface area contributed by atoms with E-state index in [4.69, 9.17) is 32.7 Å². The summed E-state index contributed by atoms with van der Waals surface area (Å²) in [6.07, 6.45) is 0. The van der Waals surface area contributed by atoms with Gasteiger partial charge in [-0.25, -0.2) is 4.79 Å². The Balaban J connectivity index is 1.89. The van der Waals surface area contributed by atoms with Crippen LogP contribution < -0.4 is 10.1 Å². The zero-order valence-corrected chi connectivity index (χ0v) is 14.4. The van der Waals surface area contributed by atoms with Crippen LogP contribution >= 0.6 is 23.2 Å². The van der Waals surface area contributed by atoms with E-state index in [9.17, 15) is 9.59 Å². The van der Waals surface area contributed by atoms with Crippen LogP contribution in [0.2, 0.25) is 10.0 Å². The molecule has 0 atom stereocenters. The topological polar surface area (TPSA) is 64.6 Å². The quantitative estimate of drug-likeness (QED) is 0.793. The number of hydrogen-bond donors (Lipinski definition) is 1. The van der Waals surface area contributed by atoms with Crippen LogP contribution in [0.25, 0.3) is 0 Å². The normalized spacial score (nSPS) is 10.1. The average Bonchev–Trinajstić information content (AvgIpc) is 2.59. The van der Waals surface area contributed by atoms with Gasteiger partial charge in [0.25, 0.3) is 5.91 Å². The van der Waals surface area contributed by atoms with Gasteiger partial charge < -0.3 is 14.8 Å². The molecule has 0 spiro atoms. The zero-order valence-electron chi connectivity index (χ0n) is 12.8. The predicted octanol–water partition coefficient (Wildman–Crippen LogP) is 3.48.